The molecule has 2 fully saturated rings. The maximum absolute atomic E-state index is 12.5. The van der Waals surface area contributed by atoms with Crippen molar-refractivity contribution in [1.82, 2.24) is 0 Å². The molecule has 0 aromatic carbocycles. The monoisotopic (exact) mass is 1090 g/mol. The second-order valence-corrected chi connectivity index (χ2v) is 37.8. The summed E-state index contributed by atoms with van der Waals surface area (Å²) in [6.45, 7) is 40.9. The van der Waals surface area contributed by atoms with Crippen LogP contribution in [0.25, 0.3) is 0 Å². The van der Waals surface area contributed by atoms with Crippen molar-refractivity contribution in [3.63, 3.8) is 0 Å². The topological polar surface area (TPSA) is 141 Å². The molecule has 0 aromatic rings. The summed E-state index contributed by atoms with van der Waals surface area (Å²) in [4.78, 5) is 57.3. The lowest BCUT2D eigenvalue weighted by Crippen LogP contribution is -2.48. The first-order valence-electron chi connectivity index (χ1n) is 21.3. The zero-order valence-corrected chi connectivity index (χ0v) is 50.2. The third-order valence-electron chi connectivity index (χ3n) is 13.5. The molecule has 0 aromatic heterocycles. The van der Waals surface area contributed by atoms with Crippen molar-refractivity contribution >= 4 is 130 Å². The van der Waals surface area contributed by atoms with Gasteiger partial charge < -0.3 is 14.0 Å². The van der Waals surface area contributed by atoms with Crippen molar-refractivity contribution in [1.29, 1.82) is 0 Å². The van der Waals surface area contributed by atoms with Crippen molar-refractivity contribution in [2.45, 2.75) is 176 Å². The van der Waals surface area contributed by atoms with Crippen LogP contribution in [0.1, 0.15) is 133 Å². The molecule has 0 radical (unpaired) electrons. The minimum absolute atomic E-state index is 0.0134. The molecule has 0 aliphatic heterocycles. The molecule has 9 nitrogen and oxygen atoms in total. The first-order chi connectivity index (χ1) is 29.5. The Kier molecular flexibility index (Phi) is 40.1. The Hall–Kier alpha value is -0.386. The molecule has 64 heavy (non-hydrogen) atoms. The van der Waals surface area contributed by atoms with Gasteiger partial charge in [-0.1, -0.05) is 107 Å². The number of rotatable bonds is 15. The predicted octanol–water partition coefficient (Wildman–Crippen LogP) is 10.5. The fourth-order valence-electron chi connectivity index (χ4n) is 7.11. The summed E-state index contributed by atoms with van der Waals surface area (Å²) in [7, 11) is 2.96. The van der Waals surface area contributed by atoms with Crippen molar-refractivity contribution in [3.8, 4) is 0 Å². The molecule has 0 spiro atoms. The van der Waals surface area contributed by atoms with Crippen LogP contribution in [0.5, 0.6) is 0 Å². The quantitative estimate of drug-likeness (QED) is 0.0721. The number of carbonyl (C=O) groups is 2. The highest BCUT2D eigenvalue weighted by molar-refractivity contribution is 8.59. The summed E-state index contributed by atoms with van der Waals surface area (Å²) in [6.07, 6.45) is 14.4. The molecule has 2 rings (SSSR count). The maximum Gasteiger partial charge on any atom is 0.373 e. The highest BCUT2D eigenvalue weighted by atomic mass is 33.3. The van der Waals surface area contributed by atoms with Gasteiger partial charge in [0.1, 0.15) is 5.78 Å². The molecule has 2 aliphatic carbocycles. The Balaban J connectivity index is -0.000000427. The number of carbonyl (C=O) groups excluding carboxylic acids is 6. The average molecular weight is 1100 g/mol. The second-order valence-electron chi connectivity index (χ2n) is 19.4. The Morgan fingerprint density at radius 3 is 1.50 bits per heavy atom. The summed E-state index contributed by atoms with van der Waals surface area (Å²) in [5.74, 6) is 1.18. The number of unbranched alkanes of at least 4 members (excludes halogenated alkanes) is 2. The lowest BCUT2D eigenvalue weighted by molar-refractivity contribution is -0.193. The summed E-state index contributed by atoms with van der Waals surface area (Å²) < 4.78 is 12.5. The Morgan fingerprint density at radius 2 is 1.16 bits per heavy atom. The van der Waals surface area contributed by atoms with Gasteiger partial charge >= 0.3 is 12.3 Å². The molecular weight excluding hydrogens is 1020 g/mol. The molecule has 0 heterocycles. The molecule has 1 unspecified atom stereocenters. The molecule has 6 atom stereocenters. The van der Waals surface area contributed by atoms with Crippen LogP contribution in [0.3, 0.4) is 0 Å². The first kappa shape index (κ1) is 70.2. The maximum atomic E-state index is 12.5. The number of ketones is 2. The second kappa shape index (κ2) is 36.6. The molecule has 1 N–H and O–H groups in total. The first-order valence-corrected chi connectivity index (χ1v) is 36.4. The van der Waals surface area contributed by atoms with Gasteiger partial charge in [-0.15, -0.1) is 6.58 Å². The fourth-order valence-corrected chi connectivity index (χ4v) is 12.0. The third-order valence-corrected chi connectivity index (χ3v) is 29.2. The van der Waals surface area contributed by atoms with Crippen LogP contribution in [0.4, 0.5) is 0 Å². The van der Waals surface area contributed by atoms with Crippen molar-refractivity contribution < 1.29 is 42.7 Å². The highest BCUT2D eigenvalue weighted by Crippen LogP contribution is 2.49. The van der Waals surface area contributed by atoms with Gasteiger partial charge in [0.2, 0.25) is 0 Å². The Labute approximate surface area is 423 Å². The van der Waals surface area contributed by atoms with E-state index in [-0.39, 0.29) is 44.9 Å². The summed E-state index contributed by atoms with van der Waals surface area (Å²) in [5, 5.41) is 10.9. The zero-order chi connectivity index (χ0) is 51.0. The van der Waals surface area contributed by atoms with E-state index in [2.05, 4.69) is 153 Å². The van der Waals surface area contributed by atoms with Crippen molar-refractivity contribution in [2.24, 2.45) is 28.6 Å². The minimum atomic E-state index is -1.68. The predicted molar refractivity (Wildman–Crippen MR) is 291 cm³/mol. The number of Topliss-reactive ketones (excluding diaryl/α,β-unsaturated/α-hetero) is 2. The molecule has 0 saturated heterocycles. The summed E-state index contributed by atoms with van der Waals surface area (Å²) in [5.41, 5.74) is 0.821. The fraction of sp³-hybridized carbons (Fsp3) is 0.773. The van der Waals surface area contributed by atoms with Crippen molar-refractivity contribution in [3.05, 3.63) is 37.0 Å². The number of hydrogen-bond donors (Lipinski definition) is 1. The van der Waals surface area contributed by atoms with Crippen LogP contribution >= 0.6 is 0 Å². The molecular formula is C44H78O9S9Si2. The number of allylic oxidation sites excluding steroid dienone is 3. The van der Waals surface area contributed by atoms with E-state index in [4.69, 9.17) is 28.0 Å². The highest BCUT2D eigenvalue weighted by Gasteiger charge is 2.48. The van der Waals surface area contributed by atoms with E-state index in [1.54, 1.807) is 6.08 Å². The van der Waals surface area contributed by atoms with E-state index >= 15 is 0 Å². The van der Waals surface area contributed by atoms with Crippen LogP contribution in [0.15, 0.2) is 37.0 Å². The van der Waals surface area contributed by atoms with Gasteiger partial charge in [-0.25, -0.2) is 0 Å². The van der Waals surface area contributed by atoms with Crippen LogP contribution in [0, 0.1) is 28.6 Å². The normalized spacial score (nSPS) is 22.9. The van der Waals surface area contributed by atoms with E-state index in [1.165, 1.54) is 50.5 Å². The van der Waals surface area contributed by atoms with Gasteiger partial charge in [0.25, 0.3) is 0 Å². The van der Waals surface area contributed by atoms with Crippen molar-refractivity contribution in [2.75, 3.05) is 13.2 Å². The molecule has 0 amide bonds. The van der Waals surface area contributed by atoms with Gasteiger partial charge in [-0.3, -0.25) is 9.59 Å². The van der Waals surface area contributed by atoms with Gasteiger partial charge in [0.05, 0.1) is 12.0 Å². The van der Waals surface area contributed by atoms with Gasteiger partial charge in [0.15, 0.2) is 22.4 Å². The Bertz CT molecular complexity index is 1720. The lowest BCUT2D eigenvalue weighted by Gasteiger charge is -2.47. The molecule has 2 saturated carbocycles. The molecule has 0 bridgehead atoms. The van der Waals surface area contributed by atoms with E-state index in [0.717, 1.165) is 70.2 Å². The largest absolute Gasteiger partial charge is 0.417 e. The van der Waals surface area contributed by atoms with Gasteiger partial charge in [0, 0.05) is 121 Å². The third kappa shape index (κ3) is 27.0. The number of aliphatic hydroxyl groups excluding tert-OH is 1. The number of hydrogen-bond acceptors (Lipinski definition) is 13. The van der Waals surface area contributed by atoms with Gasteiger partial charge in [-0.05, 0) is 97.5 Å². The van der Waals surface area contributed by atoms with Crippen LogP contribution in [-0.2, 0) is 127 Å². The smallest absolute Gasteiger partial charge is 0.373 e. The van der Waals surface area contributed by atoms with E-state index in [9.17, 15) is 14.7 Å². The zero-order valence-electron chi connectivity index (χ0n) is 40.8. The van der Waals surface area contributed by atoms with Gasteiger partial charge in [-0.2, -0.15) is 19.2 Å². The number of aliphatic hydroxyl groups is 1. The SMILES string of the molecule is C=C/C=C1\C(=O)CC[C@@H](C)[C@]1(C)CCCCO[Si](C)(C)C(C)(C)C.C=CC(O)[C@H]1C(=O)CC[C@@H](C)[C@]1(C)CCCCO[Si](C)(C)C(C)(C)C.O=C=O.O=C=O.S=S=S=S.S=S=S=S=S. The van der Waals surface area contributed by atoms with E-state index < -0.39 is 22.7 Å². The Morgan fingerprint density at radius 1 is 0.750 bits per heavy atom. The van der Waals surface area contributed by atoms with Crippen LogP contribution in [0.2, 0.25) is 36.3 Å². The minimum Gasteiger partial charge on any atom is -0.417 e. The average Bonchev–Trinajstić information content (AvgIpc) is 3.20. The van der Waals surface area contributed by atoms with Crippen LogP contribution < -0.4 is 0 Å². The molecule has 370 valence electrons. The van der Waals surface area contributed by atoms with E-state index in [0.29, 0.717) is 30.5 Å². The lowest BCUT2D eigenvalue weighted by atomic mass is 9.57. The van der Waals surface area contributed by atoms with E-state index in [1.807, 2.05) is 6.08 Å². The standard InChI is InChI=1S/C21H40O3Si.C21H38O2Si.2CO2.S5.S4/c1-9-17(22)19-18(23)13-12-16(2)21(19,6)14-10-11-15-24-25(7,8)20(3,4)5;1-9-12-18-19(22)14-13-17(2)21(18,6)15-10-11-16-23-24(7,8)20(3,4)5;2*2-1-3;1-3-5-4-2;1-3-4-2/h9,16-17,19,22H,1,10-15H2,2-8H3;9,12,17H,1,10-11,13-16H2,2-8H3;;;;/b;18-12+;;;;/t16-,17?,19+,21+;17-,21+;;;;/m11..../s1. The molecule has 20 heteroatoms. The summed E-state index contributed by atoms with van der Waals surface area (Å²) in [6, 6.07) is 0. The summed E-state index contributed by atoms with van der Waals surface area (Å²) >= 11 is 17.5. The molecule has 2 aliphatic rings. The van der Waals surface area contributed by atoms with Crippen LogP contribution in [-0.4, -0.2) is 64.9 Å².